The molecule has 4 heteroatoms. The molecule has 0 radical (unpaired) electrons. The van der Waals surface area contributed by atoms with Crippen LogP contribution in [0, 0.1) is 0 Å². The normalized spacial score (nSPS) is 17.8. The van der Waals surface area contributed by atoms with Crippen molar-refractivity contribution in [1.82, 2.24) is 4.90 Å². The van der Waals surface area contributed by atoms with Crippen molar-refractivity contribution in [3.05, 3.63) is 0 Å². The summed E-state index contributed by atoms with van der Waals surface area (Å²) in [5.74, 6) is 0. The fourth-order valence-corrected chi connectivity index (χ4v) is 1.77. The molecule has 0 spiro atoms. The molecule has 0 rings (SSSR count). The lowest BCUT2D eigenvalue weighted by atomic mass is 10.2. The molecule has 0 aromatic rings. The Hall–Kier alpha value is -0.160. The number of aliphatic hydroxyl groups is 2. The van der Waals surface area contributed by atoms with Gasteiger partial charge in [-0.05, 0) is 27.9 Å². The maximum Gasteiger partial charge on any atom is 0.103 e. The van der Waals surface area contributed by atoms with Gasteiger partial charge in [-0.15, -0.1) is 0 Å². The van der Waals surface area contributed by atoms with E-state index in [9.17, 15) is 10.2 Å². The van der Waals surface area contributed by atoms with Gasteiger partial charge in [0, 0.05) is 13.0 Å². The molecule has 0 amide bonds. The quantitative estimate of drug-likeness (QED) is 0.470. The zero-order valence-electron chi connectivity index (χ0n) is 10.5. The first-order valence-electron chi connectivity index (χ1n) is 5.76. The van der Waals surface area contributed by atoms with Crippen LogP contribution in [0.1, 0.15) is 20.3 Å². The van der Waals surface area contributed by atoms with Crippen LogP contribution in [0.5, 0.6) is 0 Å². The number of nitrogens with zero attached hydrogens (tertiary/aromatic N) is 1. The van der Waals surface area contributed by atoms with E-state index in [1.165, 1.54) is 4.90 Å². The minimum Gasteiger partial charge on any atom is -0.388 e. The summed E-state index contributed by atoms with van der Waals surface area (Å²) in [5.41, 5.74) is 0. The first-order chi connectivity index (χ1) is 6.91. The molecule has 92 valence electrons. The highest BCUT2D eigenvalue weighted by Crippen LogP contribution is 1.81. The largest absolute Gasteiger partial charge is 0.388 e. The van der Waals surface area contributed by atoms with Gasteiger partial charge < -0.3 is 20.0 Å². The Morgan fingerprint density at radius 1 is 1.07 bits per heavy atom. The van der Waals surface area contributed by atoms with Crippen LogP contribution in [0.3, 0.4) is 0 Å². The summed E-state index contributed by atoms with van der Waals surface area (Å²) < 4.78 is 0. The summed E-state index contributed by atoms with van der Waals surface area (Å²) in [6.07, 6.45) is 0.512. The molecule has 4 nitrogen and oxygen atoms in total. The van der Waals surface area contributed by atoms with E-state index in [1.54, 1.807) is 13.8 Å². The SMILES string of the molecule is CC(O)C[NH+](CCCN(C)C)C[C@@H](C)O. The highest BCUT2D eigenvalue weighted by Gasteiger charge is 2.13. The molecule has 0 aromatic heterocycles. The lowest BCUT2D eigenvalue weighted by Crippen LogP contribution is -3.14. The fraction of sp³-hybridized carbons (Fsp3) is 1.00. The lowest BCUT2D eigenvalue weighted by Gasteiger charge is -2.22. The number of quaternary nitrogens is 1. The van der Waals surface area contributed by atoms with Crippen LogP contribution in [-0.4, -0.2) is 67.6 Å². The maximum absolute atomic E-state index is 9.33. The number of rotatable bonds is 8. The predicted octanol–water partition coefficient (Wildman–Crippen LogP) is -1.42. The van der Waals surface area contributed by atoms with Crippen LogP contribution >= 0.6 is 0 Å². The van der Waals surface area contributed by atoms with Gasteiger partial charge in [0.05, 0.1) is 6.54 Å². The summed E-state index contributed by atoms with van der Waals surface area (Å²) in [6.45, 7) is 7.11. The van der Waals surface area contributed by atoms with Crippen molar-refractivity contribution < 1.29 is 15.1 Å². The maximum atomic E-state index is 9.33. The highest BCUT2D eigenvalue weighted by atomic mass is 16.3. The summed E-state index contributed by atoms with van der Waals surface area (Å²) in [7, 11) is 4.12. The van der Waals surface area contributed by atoms with Gasteiger partial charge in [-0.3, -0.25) is 0 Å². The number of hydrogen-bond donors (Lipinski definition) is 3. The average Bonchev–Trinajstić information content (AvgIpc) is 2.00. The molecule has 3 N–H and O–H groups in total. The third-order valence-corrected chi connectivity index (χ3v) is 2.30. The van der Waals surface area contributed by atoms with Crippen LogP contribution < -0.4 is 4.90 Å². The van der Waals surface area contributed by atoms with Gasteiger partial charge in [0.25, 0.3) is 0 Å². The molecule has 0 aromatic carbocycles. The average molecular weight is 219 g/mol. The second-order valence-electron chi connectivity index (χ2n) is 4.76. The van der Waals surface area contributed by atoms with Crippen molar-refractivity contribution in [2.75, 3.05) is 40.3 Å². The third-order valence-electron chi connectivity index (χ3n) is 2.30. The molecule has 0 fully saturated rings. The van der Waals surface area contributed by atoms with Crippen molar-refractivity contribution in [2.24, 2.45) is 0 Å². The molecule has 0 aliphatic carbocycles. The molecular weight excluding hydrogens is 192 g/mol. The van der Waals surface area contributed by atoms with Crippen molar-refractivity contribution in [2.45, 2.75) is 32.5 Å². The molecule has 2 unspecified atom stereocenters. The van der Waals surface area contributed by atoms with E-state index >= 15 is 0 Å². The van der Waals surface area contributed by atoms with E-state index in [-0.39, 0.29) is 12.2 Å². The van der Waals surface area contributed by atoms with Crippen molar-refractivity contribution in [1.29, 1.82) is 0 Å². The molecule has 0 saturated heterocycles. The zero-order valence-corrected chi connectivity index (χ0v) is 10.5. The summed E-state index contributed by atoms with van der Waals surface area (Å²) in [5, 5.41) is 18.7. The Bertz CT molecular complexity index is 140. The van der Waals surface area contributed by atoms with Crippen LogP contribution in [0.25, 0.3) is 0 Å². The summed E-state index contributed by atoms with van der Waals surface area (Å²) in [6, 6.07) is 0. The minimum atomic E-state index is -0.293. The van der Waals surface area contributed by atoms with Crippen molar-refractivity contribution in [3.8, 4) is 0 Å². The smallest absolute Gasteiger partial charge is 0.103 e. The minimum absolute atomic E-state index is 0.293. The van der Waals surface area contributed by atoms with Gasteiger partial charge in [0.1, 0.15) is 25.3 Å². The summed E-state index contributed by atoms with van der Waals surface area (Å²) >= 11 is 0. The first-order valence-corrected chi connectivity index (χ1v) is 5.76. The van der Waals surface area contributed by atoms with E-state index in [4.69, 9.17) is 0 Å². The Morgan fingerprint density at radius 2 is 1.53 bits per heavy atom. The van der Waals surface area contributed by atoms with E-state index in [0.717, 1.165) is 32.6 Å². The molecule has 0 aliphatic heterocycles. The first kappa shape index (κ1) is 14.8. The standard InChI is InChI=1S/C11H26N2O2/c1-10(14)8-13(9-11(2)15)7-5-6-12(3)4/h10-11,14-15H,5-9H2,1-4H3/p+1/t10-,11?/m1/s1. The molecule has 0 heterocycles. The topological polar surface area (TPSA) is 48.1 Å². The molecule has 0 aliphatic rings. The van der Waals surface area contributed by atoms with Crippen LogP contribution in [0.15, 0.2) is 0 Å². The molecule has 0 saturated carbocycles. The van der Waals surface area contributed by atoms with Crippen LogP contribution in [-0.2, 0) is 0 Å². The van der Waals surface area contributed by atoms with E-state index < -0.39 is 0 Å². The Morgan fingerprint density at radius 3 is 1.87 bits per heavy atom. The van der Waals surface area contributed by atoms with E-state index in [0.29, 0.717) is 0 Å². The van der Waals surface area contributed by atoms with Gasteiger partial charge in [0.2, 0.25) is 0 Å². The second-order valence-corrected chi connectivity index (χ2v) is 4.76. The number of nitrogens with one attached hydrogen (secondary N) is 1. The Balaban J connectivity index is 3.79. The fourth-order valence-electron chi connectivity index (χ4n) is 1.77. The third kappa shape index (κ3) is 10.1. The van der Waals surface area contributed by atoms with Gasteiger partial charge in [-0.2, -0.15) is 0 Å². The monoisotopic (exact) mass is 219 g/mol. The molecule has 0 bridgehead atoms. The number of hydrogen-bond acceptors (Lipinski definition) is 3. The van der Waals surface area contributed by atoms with Crippen LogP contribution in [0.4, 0.5) is 0 Å². The lowest BCUT2D eigenvalue weighted by molar-refractivity contribution is -0.906. The van der Waals surface area contributed by atoms with Gasteiger partial charge in [-0.25, -0.2) is 0 Å². The highest BCUT2D eigenvalue weighted by molar-refractivity contribution is 4.47. The zero-order chi connectivity index (χ0) is 11.8. The Kier molecular flexibility index (Phi) is 7.96. The Labute approximate surface area is 93.5 Å². The van der Waals surface area contributed by atoms with Gasteiger partial charge in [-0.1, -0.05) is 0 Å². The molecule has 15 heavy (non-hydrogen) atoms. The van der Waals surface area contributed by atoms with E-state index in [1.807, 2.05) is 0 Å². The number of aliphatic hydroxyl groups excluding tert-OH is 2. The van der Waals surface area contributed by atoms with Gasteiger partial charge in [0.15, 0.2) is 0 Å². The van der Waals surface area contributed by atoms with E-state index in [2.05, 4.69) is 19.0 Å². The predicted molar refractivity (Wildman–Crippen MR) is 62.1 cm³/mol. The second kappa shape index (κ2) is 8.05. The molecule has 3 atom stereocenters. The van der Waals surface area contributed by atoms with Crippen LogP contribution in [0.2, 0.25) is 0 Å². The molecular formula is C11H27N2O2+. The van der Waals surface area contributed by atoms with Gasteiger partial charge >= 0.3 is 0 Å². The van der Waals surface area contributed by atoms with Crippen molar-refractivity contribution in [3.63, 3.8) is 0 Å². The van der Waals surface area contributed by atoms with Crippen molar-refractivity contribution >= 4 is 0 Å². The summed E-state index contributed by atoms with van der Waals surface area (Å²) in [4.78, 5) is 3.43.